The highest BCUT2D eigenvalue weighted by Crippen LogP contribution is 2.06. The number of ketones is 1. The van der Waals surface area contributed by atoms with Crippen LogP contribution in [0.25, 0.3) is 6.08 Å². The van der Waals surface area contributed by atoms with Crippen LogP contribution in [0.2, 0.25) is 0 Å². The third kappa shape index (κ3) is 2.87. The first kappa shape index (κ1) is 11.3. The van der Waals surface area contributed by atoms with Gasteiger partial charge in [0.1, 0.15) is 5.82 Å². The van der Waals surface area contributed by atoms with E-state index < -0.39 is 0 Å². The first-order valence-corrected chi connectivity index (χ1v) is 5.12. The van der Waals surface area contributed by atoms with Crippen molar-refractivity contribution in [1.29, 1.82) is 0 Å². The molecule has 1 heterocycles. The third-order valence-electron chi connectivity index (χ3n) is 2.29. The Hall–Kier alpha value is -2.23. The number of carbonyl (C=O) groups is 1. The first-order valence-electron chi connectivity index (χ1n) is 5.12. The topological polar surface area (TPSA) is 34.9 Å². The van der Waals surface area contributed by atoms with Crippen molar-refractivity contribution < 1.29 is 9.18 Å². The molecule has 0 aliphatic rings. The predicted octanol–water partition coefficient (Wildman–Crippen LogP) is 2.46. The van der Waals surface area contributed by atoms with Gasteiger partial charge in [-0.3, -0.25) is 9.48 Å². The van der Waals surface area contributed by atoms with Crippen LogP contribution in [0.1, 0.15) is 15.9 Å². The summed E-state index contributed by atoms with van der Waals surface area (Å²) in [4.78, 5) is 11.7. The zero-order chi connectivity index (χ0) is 12.3. The second-order valence-electron chi connectivity index (χ2n) is 3.65. The number of aryl methyl sites for hydroxylation is 1. The number of hydrogen-bond acceptors (Lipinski definition) is 2. The maximum absolute atomic E-state index is 12.7. The number of allylic oxidation sites excluding steroid dienone is 1. The van der Waals surface area contributed by atoms with Crippen LogP contribution in [0.5, 0.6) is 0 Å². The fourth-order valence-corrected chi connectivity index (χ4v) is 1.39. The van der Waals surface area contributed by atoms with E-state index in [1.54, 1.807) is 36.1 Å². The zero-order valence-electron chi connectivity index (χ0n) is 9.30. The second-order valence-corrected chi connectivity index (χ2v) is 3.65. The van der Waals surface area contributed by atoms with Gasteiger partial charge in [0.05, 0.1) is 11.8 Å². The fourth-order valence-electron chi connectivity index (χ4n) is 1.39. The van der Waals surface area contributed by atoms with Gasteiger partial charge in [-0.25, -0.2) is 4.39 Å². The number of hydrogen-bond donors (Lipinski definition) is 0. The highest BCUT2D eigenvalue weighted by molar-refractivity contribution is 6.06. The van der Waals surface area contributed by atoms with Crippen molar-refractivity contribution in [3.05, 3.63) is 59.7 Å². The molecule has 0 bridgehead atoms. The maximum Gasteiger partial charge on any atom is 0.189 e. The molecule has 2 rings (SSSR count). The largest absolute Gasteiger partial charge is 0.289 e. The first-order chi connectivity index (χ1) is 8.15. The number of carbonyl (C=O) groups excluding carboxylic acids is 1. The predicted molar refractivity (Wildman–Crippen MR) is 63.0 cm³/mol. The van der Waals surface area contributed by atoms with Crippen LogP contribution in [0.4, 0.5) is 4.39 Å². The van der Waals surface area contributed by atoms with E-state index in [-0.39, 0.29) is 11.6 Å². The molecule has 0 radical (unpaired) electrons. The third-order valence-corrected chi connectivity index (χ3v) is 2.29. The SMILES string of the molecule is Cn1cc(C(=O)/C=C/c2ccc(F)cc2)cn1. The second kappa shape index (κ2) is 4.74. The normalized spacial score (nSPS) is 10.9. The number of benzene rings is 1. The fraction of sp³-hybridized carbons (Fsp3) is 0.0769. The number of rotatable bonds is 3. The minimum Gasteiger partial charge on any atom is -0.289 e. The highest BCUT2D eigenvalue weighted by atomic mass is 19.1. The van der Waals surface area contributed by atoms with Gasteiger partial charge in [-0.15, -0.1) is 0 Å². The van der Waals surface area contributed by atoms with E-state index in [4.69, 9.17) is 0 Å². The number of nitrogens with zero attached hydrogens (tertiary/aromatic N) is 2. The van der Waals surface area contributed by atoms with E-state index in [2.05, 4.69) is 5.10 Å². The molecular formula is C13H11FN2O. The Morgan fingerprint density at radius 3 is 2.65 bits per heavy atom. The molecule has 0 atom stereocenters. The van der Waals surface area contributed by atoms with Crippen molar-refractivity contribution in [2.24, 2.45) is 7.05 Å². The van der Waals surface area contributed by atoms with Crippen LogP contribution in [-0.4, -0.2) is 15.6 Å². The molecule has 4 heteroatoms. The smallest absolute Gasteiger partial charge is 0.189 e. The van der Waals surface area contributed by atoms with Gasteiger partial charge in [-0.2, -0.15) is 5.10 Å². The molecule has 2 aromatic rings. The van der Waals surface area contributed by atoms with Crippen molar-refractivity contribution in [1.82, 2.24) is 9.78 Å². The molecule has 0 saturated heterocycles. The van der Waals surface area contributed by atoms with Crippen LogP contribution in [-0.2, 0) is 7.05 Å². The van der Waals surface area contributed by atoms with Crippen LogP contribution >= 0.6 is 0 Å². The van der Waals surface area contributed by atoms with Crippen molar-refractivity contribution >= 4 is 11.9 Å². The Morgan fingerprint density at radius 1 is 1.35 bits per heavy atom. The quantitative estimate of drug-likeness (QED) is 0.599. The minimum absolute atomic E-state index is 0.123. The maximum atomic E-state index is 12.7. The van der Waals surface area contributed by atoms with E-state index in [1.165, 1.54) is 24.4 Å². The van der Waals surface area contributed by atoms with Gasteiger partial charge in [-0.1, -0.05) is 18.2 Å². The lowest BCUT2D eigenvalue weighted by Crippen LogP contribution is -1.91. The van der Waals surface area contributed by atoms with E-state index >= 15 is 0 Å². The van der Waals surface area contributed by atoms with E-state index in [9.17, 15) is 9.18 Å². The molecule has 17 heavy (non-hydrogen) atoms. The van der Waals surface area contributed by atoms with Crippen LogP contribution < -0.4 is 0 Å². The summed E-state index contributed by atoms with van der Waals surface area (Å²) >= 11 is 0. The Labute approximate surface area is 98.2 Å². The highest BCUT2D eigenvalue weighted by Gasteiger charge is 2.03. The van der Waals surface area contributed by atoms with Gasteiger partial charge in [0.2, 0.25) is 0 Å². The van der Waals surface area contributed by atoms with Crippen LogP contribution in [0, 0.1) is 5.82 Å². The Kier molecular flexibility index (Phi) is 3.14. The lowest BCUT2D eigenvalue weighted by molar-refractivity contribution is 0.104. The Morgan fingerprint density at radius 2 is 2.06 bits per heavy atom. The van der Waals surface area contributed by atoms with Gasteiger partial charge in [0.25, 0.3) is 0 Å². The van der Waals surface area contributed by atoms with Gasteiger partial charge in [-0.05, 0) is 23.8 Å². The van der Waals surface area contributed by atoms with Crippen molar-refractivity contribution in [2.75, 3.05) is 0 Å². The van der Waals surface area contributed by atoms with Crippen LogP contribution in [0.15, 0.2) is 42.7 Å². The Bertz CT molecular complexity index is 555. The molecule has 0 aliphatic heterocycles. The molecule has 0 N–H and O–H groups in total. The van der Waals surface area contributed by atoms with Gasteiger partial charge in [0, 0.05) is 13.2 Å². The zero-order valence-corrected chi connectivity index (χ0v) is 9.30. The average molecular weight is 230 g/mol. The summed E-state index contributed by atoms with van der Waals surface area (Å²) in [7, 11) is 1.75. The summed E-state index contributed by atoms with van der Waals surface area (Å²) in [5, 5.41) is 3.92. The molecule has 1 aromatic carbocycles. The van der Waals surface area contributed by atoms with E-state index in [0.29, 0.717) is 5.56 Å². The Balaban J connectivity index is 2.10. The van der Waals surface area contributed by atoms with E-state index in [0.717, 1.165) is 5.56 Å². The van der Waals surface area contributed by atoms with Crippen molar-refractivity contribution in [3.8, 4) is 0 Å². The lowest BCUT2D eigenvalue weighted by Gasteiger charge is -1.92. The summed E-state index contributed by atoms with van der Waals surface area (Å²) in [6, 6.07) is 5.94. The molecule has 0 aliphatic carbocycles. The minimum atomic E-state index is -0.291. The van der Waals surface area contributed by atoms with E-state index in [1.807, 2.05) is 0 Å². The molecule has 0 amide bonds. The molecule has 0 saturated carbocycles. The molecule has 1 aromatic heterocycles. The average Bonchev–Trinajstić information content (AvgIpc) is 2.75. The van der Waals surface area contributed by atoms with Gasteiger partial charge in [0.15, 0.2) is 5.78 Å². The number of halogens is 1. The lowest BCUT2D eigenvalue weighted by atomic mass is 10.1. The summed E-state index contributed by atoms with van der Waals surface area (Å²) in [6.45, 7) is 0. The molecule has 0 fully saturated rings. The monoisotopic (exact) mass is 230 g/mol. The summed E-state index contributed by atoms with van der Waals surface area (Å²) in [6.07, 6.45) is 6.26. The summed E-state index contributed by atoms with van der Waals surface area (Å²) in [5.74, 6) is -0.414. The standard InChI is InChI=1S/C13H11FN2O/c1-16-9-11(8-15-16)13(17)7-4-10-2-5-12(14)6-3-10/h2-9H,1H3/b7-4+. The molecule has 0 spiro atoms. The van der Waals surface area contributed by atoms with Crippen molar-refractivity contribution in [3.63, 3.8) is 0 Å². The van der Waals surface area contributed by atoms with Crippen LogP contribution in [0.3, 0.4) is 0 Å². The molecular weight excluding hydrogens is 219 g/mol. The van der Waals surface area contributed by atoms with Gasteiger partial charge >= 0.3 is 0 Å². The molecule has 0 unspecified atom stereocenters. The summed E-state index contributed by atoms with van der Waals surface area (Å²) in [5.41, 5.74) is 1.31. The molecule has 86 valence electrons. The van der Waals surface area contributed by atoms with Crippen molar-refractivity contribution in [2.45, 2.75) is 0 Å². The number of aromatic nitrogens is 2. The van der Waals surface area contributed by atoms with Gasteiger partial charge < -0.3 is 0 Å². The molecule has 3 nitrogen and oxygen atoms in total. The summed E-state index contributed by atoms with van der Waals surface area (Å²) < 4.78 is 14.2.